The van der Waals surface area contributed by atoms with Crippen molar-refractivity contribution in [3.05, 3.63) is 22.4 Å². The molecule has 2 aliphatic rings. The molecule has 5 heteroatoms. The highest BCUT2D eigenvalue weighted by Gasteiger charge is 2.31. The lowest BCUT2D eigenvalue weighted by molar-refractivity contribution is 0.00517. The van der Waals surface area contributed by atoms with Crippen molar-refractivity contribution in [1.82, 2.24) is 9.88 Å². The van der Waals surface area contributed by atoms with E-state index in [0.29, 0.717) is 18.3 Å². The monoisotopic (exact) mass is 340 g/mol. The van der Waals surface area contributed by atoms with E-state index in [9.17, 15) is 9.90 Å². The maximum atomic E-state index is 12.3. The first-order valence-electron chi connectivity index (χ1n) is 7.45. The average Bonchev–Trinajstić information content (AvgIpc) is 3.20. The highest BCUT2D eigenvalue weighted by molar-refractivity contribution is 9.10. The summed E-state index contributed by atoms with van der Waals surface area (Å²) in [6.45, 7) is 0.360. The Morgan fingerprint density at radius 2 is 2.10 bits per heavy atom. The Labute approximate surface area is 127 Å². The second-order valence-electron chi connectivity index (χ2n) is 6.15. The van der Waals surface area contributed by atoms with E-state index in [0.717, 1.165) is 43.0 Å². The first-order chi connectivity index (χ1) is 9.57. The molecule has 2 fully saturated rings. The minimum absolute atomic E-state index is 0.0819. The maximum Gasteiger partial charge on any atom is 0.268 e. The lowest BCUT2D eigenvalue weighted by atomic mass is 9.85. The molecule has 0 radical (unpaired) electrons. The van der Waals surface area contributed by atoms with Crippen molar-refractivity contribution in [1.29, 1.82) is 0 Å². The van der Waals surface area contributed by atoms with E-state index in [2.05, 4.69) is 21.2 Å². The fourth-order valence-corrected chi connectivity index (χ4v) is 3.44. The quantitative estimate of drug-likeness (QED) is 0.885. The normalized spacial score (nSPS) is 21.7. The fourth-order valence-electron chi connectivity index (χ4n) is 3.00. The van der Waals surface area contributed by atoms with Crippen LogP contribution in [0.15, 0.2) is 16.7 Å². The summed E-state index contributed by atoms with van der Waals surface area (Å²) in [5, 5.41) is 13.3. The molecule has 4 nitrogen and oxygen atoms in total. The van der Waals surface area contributed by atoms with E-state index in [1.165, 1.54) is 6.42 Å². The Morgan fingerprint density at radius 3 is 2.75 bits per heavy atom. The van der Waals surface area contributed by atoms with Gasteiger partial charge in [-0.2, -0.15) is 0 Å². The van der Waals surface area contributed by atoms with Crippen molar-refractivity contribution < 1.29 is 9.90 Å². The van der Waals surface area contributed by atoms with Crippen LogP contribution in [0.4, 0.5) is 0 Å². The van der Waals surface area contributed by atoms with E-state index in [1.54, 1.807) is 0 Å². The van der Waals surface area contributed by atoms with Crippen LogP contribution in [0, 0.1) is 0 Å². The van der Waals surface area contributed by atoms with Gasteiger partial charge in [0.2, 0.25) is 0 Å². The number of nitrogens with zero attached hydrogens (tertiary/aromatic N) is 1. The van der Waals surface area contributed by atoms with Gasteiger partial charge in [-0.25, -0.2) is 0 Å². The van der Waals surface area contributed by atoms with Gasteiger partial charge in [0, 0.05) is 23.3 Å². The van der Waals surface area contributed by atoms with Gasteiger partial charge in [-0.15, -0.1) is 0 Å². The number of carbonyl (C=O) groups is 1. The van der Waals surface area contributed by atoms with Crippen molar-refractivity contribution in [2.75, 3.05) is 6.54 Å². The Hall–Kier alpha value is -0.810. The Balaban J connectivity index is 1.64. The molecule has 3 rings (SSSR count). The summed E-state index contributed by atoms with van der Waals surface area (Å²) < 4.78 is 2.98. The number of carbonyl (C=O) groups excluding carboxylic acids is 1. The van der Waals surface area contributed by atoms with Gasteiger partial charge >= 0.3 is 0 Å². The highest BCUT2D eigenvalue weighted by atomic mass is 79.9. The van der Waals surface area contributed by atoms with Gasteiger partial charge in [0.1, 0.15) is 5.69 Å². The molecule has 0 bridgehead atoms. The van der Waals surface area contributed by atoms with Crippen molar-refractivity contribution in [2.24, 2.45) is 0 Å². The minimum atomic E-state index is -0.706. The Bertz CT molecular complexity index is 502. The topological polar surface area (TPSA) is 54.3 Å². The Kier molecular flexibility index (Phi) is 3.91. The van der Waals surface area contributed by atoms with Gasteiger partial charge in [0.05, 0.1) is 5.60 Å². The third-order valence-corrected chi connectivity index (χ3v) is 4.78. The zero-order chi connectivity index (χ0) is 14.2. The summed E-state index contributed by atoms with van der Waals surface area (Å²) in [4.78, 5) is 12.3. The van der Waals surface area contributed by atoms with Gasteiger partial charge in [-0.1, -0.05) is 19.3 Å². The van der Waals surface area contributed by atoms with Crippen LogP contribution in [-0.4, -0.2) is 27.7 Å². The first-order valence-corrected chi connectivity index (χ1v) is 8.25. The number of aliphatic hydroxyl groups is 1. The third-order valence-electron chi connectivity index (χ3n) is 4.35. The number of amides is 1. The second-order valence-corrected chi connectivity index (χ2v) is 7.07. The van der Waals surface area contributed by atoms with Crippen LogP contribution in [0.25, 0.3) is 0 Å². The first kappa shape index (κ1) is 14.1. The predicted molar refractivity (Wildman–Crippen MR) is 80.8 cm³/mol. The van der Waals surface area contributed by atoms with Crippen molar-refractivity contribution in [3.63, 3.8) is 0 Å². The summed E-state index contributed by atoms with van der Waals surface area (Å²) in [6, 6.07) is 2.33. The molecule has 0 atom stereocenters. The molecule has 20 heavy (non-hydrogen) atoms. The number of nitrogens with one attached hydrogen (secondary N) is 1. The standard InChI is InChI=1S/C15H21BrN2O2/c16-11-8-13(18(9-11)12-4-5-12)14(19)17-10-15(20)6-2-1-3-7-15/h8-9,12,20H,1-7,10H2,(H,17,19). The Morgan fingerprint density at radius 1 is 1.40 bits per heavy atom. The number of hydrogen-bond donors (Lipinski definition) is 2. The summed E-state index contributed by atoms with van der Waals surface area (Å²) in [6.07, 6.45) is 9.14. The van der Waals surface area contributed by atoms with E-state index in [-0.39, 0.29) is 5.91 Å². The molecule has 1 heterocycles. The molecule has 0 aliphatic heterocycles. The molecule has 0 aromatic carbocycles. The lowest BCUT2D eigenvalue weighted by Gasteiger charge is -2.32. The van der Waals surface area contributed by atoms with Gasteiger partial charge in [0.25, 0.3) is 5.91 Å². The van der Waals surface area contributed by atoms with Crippen LogP contribution in [0.5, 0.6) is 0 Å². The smallest absolute Gasteiger partial charge is 0.268 e. The number of rotatable bonds is 4. The summed E-state index contributed by atoms with van der Waals surface area (Å²) in [5.74, 6) is -0.0819. The number of aromatic nitrogens is 1. The van der Waals surface area contributed by atoms with Crippen LogP contribution in [-0.2, 0) is 0 Å². The number of halogens is 1. The SMILES string of the molecule is O=C(NCC1(O)CCCCC1)c1cc(Br)cn1C1CC1. The summed E-state index contributed by atoms with van der Waals surface area (Å²) in [7, 11) is 0. The zero-order valence-electron chi connectivity index (χ0n) is 11.6. The maximum absolute atomic E-state index is 12.3. The molecule has 1 amide bonds. The van der Waals surface area contributed by atoms with Crippen LogP contribution in [0.2, 0.25) is 0 Å². The van der Waals surface area contributed by atoms with Gasteiger partial charge in [-0.05, 0) is 47.7 Å². The molecule has 2 saturated carbocycles. The van der Waals surface area contributed by atoms with E-state index in [4.69, 9.17) is 0 Å². The lowest BCUT2D eigenvalue weighted by Crippen LogP contribution is -2.44. The molecular formula is C15H21BrN2O2. The van der Waals surface area contributed by atoms with Crippen LogP contribution in [0.1, 0.15) is 61.5 Å². The second kappa shape index (κ2) is 5.53. The molecule has 0 saturated heterocycles. The molecule has 1 aromatic rings. The van der Waals surface area contributed by atoms with Crippen molar-refractivity contribution >= 4 is 21.8 Å². The van der Waals surface area contributed by atoms with E-state index >= 15 is 0 Å². The zero-order valence-corrected chi connectivity index (χ0v) is 13.2. The van der Waals surface area contributed by atoms with Crippen molar-refractivity contribution in [2.45, 2.75) is 56.6 Å². The summed E-state index contributed by atoms with van der Waals surface area (Å²) >= 11 is 3.44. The van der Waals surface area contributed by atoms with Gasteiger partial charge in [-0.3, -0.25) is 4.79 Å². The van der Waals surface area contributed by atoms with E-state index < -0.39 is 5.60 Å². The van der Waals surface area contributed by atoms with Crippen LogP contribution >= 0.6 is 15.9 Å². The third kappa shape index (κ3) is 3.09. The minimum Gasteiger partial charge on any atom is -0.388 e. The van der Waals surface area contributed by atoms with Crippen LogP contribution < -0.4 is 5.32 Å². The molecule has 1 aromatic heterocycles. The molecule has 0 spiro atoms. The predicted octanol–water partition coefficient (Wildman–Crippen LogP) is 3.01. The molecular weight excluding hydrogens is 320 g/mol. The van der Waals surface area contributed by atoms with Gasteiger partial charge < -0.3 is 15.0 Å². The molecule has 2 N–H and O–H groups in total. The van der Waals surface area contributed by atoms with Crippen LogP contribution in [0.3, 0.4) is 0 Å². The van der Waals surface area contributed by atoms with Crippen molar-refractivity contribution in [3.8, 4) is 0 Å². The molecule has 110 valence electrons. The van der Waals surface area contributed by atoms with E-state index in [1.807, 2.05) is 16.8 Å². The fraction of sp³-hybridized carbons (Fsp3) is 0.667. The summed E-state index contributed by atoms with van der Waals surface area (Å²) in [5.41, 5.74) is -0.0129. The number of hydrogen-bond acceptors (Lipinski definition) is 2. The largest absolute Gasteiger partial charge is 0.388 e. The molecule has 2 aliphatic carbocycles. The van der Waals surface area contributed by atoms with Gasteiger partial charge in [0.15, 0.2) is 0 Å². The molecule has 0 unspecified atom stereocenters. The highest BCUT2D eigenvalue weighted by Crippen LogP contribution is 2.37. The average molecular weight is 341 g/mol.